The van der Waals surface area contributed by atoms with Crippen LogP contribution in [0.25, 0.3) is 11.5 Å². The Morgan fingerprint density at radius 1 is 0.891 bits per heavy atom. The van der Waals surface area contributed by atoms with E-state index < -0.39 is 0 Å². The average Bonchev–Trinajstić information content (AvgIpc) is 3.71. The molecule has 1 N–H and O–H groups in total. The number of carbonyl (C=O) groups excluding carboxylic acids is 1. The predicted octanol–water partition coefficient (Wildman–Crippen LogP) is 7.90. The van der Waals surface area contributed by atoms with Crippen molar-refractivity contribution in [2.75, 3.05) is 11.9 Å². The van der Waals surface area contributed by atoms with Crippen molar-refractivity contribution in [1.29, 1.82) is 0 Å². The second kappa shape index (κ2) is 14.5. The molecule has 232 valence electrons. The van der Waals surface area contributed by atoms with Crippen molar-refractivity contribution in [1.82, 2.24) is 19.7 Å². The zero-order chi connectivity index (χ0) is 31.7. The fraction of sp³-hybridized carbons (Fsp3) is 0.211. The molecule has 4 aromatic carbocycles. The first-order valence-corrected chi connectivity index (χ1v) is 15.7. The molecule has 8 heteroatoms. The number of oxazole rings is 1. The Balaban J connectivity index is 1.19. The quantitative estimate of drug-likeness (QED) is 0.125. The molecule has 6 rings (SSSR count). The molecule has 0 bridgehead atoms. The maximum Gasteiger partial charge on any atom is 0.226 e. The molecule has 0 unspecified atom stereocenters. The van der Waals surface area contributed by atoms with E-state index in [9.17, 15) is 4.79 Å². The topological polar surface area (TPSA) is 95.1 Å². The lowest BCUT2D eigenvalue weighted by molar-refractivity contribution is 0.103. The summed E-state index contributed by atoms with van der Waals surface area (Å²) in [6.07, 6.45) is 4.21. The number of aromatic nitrogens is 4. The third-order valence-corrected chi connectivity index (χ3v) is 7.89. The standard InChI is InChI=1S/C38H37N5O3/c1-3-12-36-42-39-26-43(36)25-35(40-34-18-11-10-17-32(34)37(44)29-13-6-4-7-14-29)28-19-21-31(22-20-28)45-24-23-33-27(2)46-38(41-33)30-15-8-5-9-16-30/h4-11,13-22,26,35,40H,3,12,23-25H2,1-2H3/t35-/m1/s1. The Bertz CT molecular complexity index is 1860. The van der Waals surface area contributed by atoms with Gasteiger partial charge in [0.15, 0.2) is 5.78 Å². The van der Waals surface area contributed by atoms with E-state index in [2.05, 4.69) is 39.1 Å². The summed E-state index contributed by atoms with van der Waals surface area (Å²) in [5.74, 6) is 3.09. The molecule has 46 heavy (non-hydrogen) atoms. The molecule has 8 nitrogen and oxygen atoms in total. The average molecular weight is 612 g/mol. The van der Waals surface area contributed by atoms with Gasteiger partial charge in [0, 0.05) is 41.8 Å². The first-order chi connectivity index (χ1) is 22.6. The molecule has 6 aromatic rings. The molecule has 1 atom stereocenters. The van der Waals surface area contributed by atoms with Crippen LogP contribution in [0.5, 0.6) is 5.75 Å². The molecule has 0 fully saturated rings. The smallest absolute Gasteiger partial charge is 0.226 e. The van der Waals surface area contributed by atoms with Gasteiger partial charge in [0.05, 0.1) is 18.3 Å². The number of ether oxygens (including phenoxy) is 1. The van der Waals surface area contributed by atoms with E-state index in [0.29, 0.717) is 36.6 Å². The van der Waals surface area contributed by atoms with Gasteiger partial charge < -0.3 is 19.0 Å². The molecule has 0 amide bonds. The SMILES string of the molecule is CCCc1nncn1C[C@@H](Nc1ccccc1C(=O)c1ccccc1)c1ccc(OCCc2nc(-c3ccccc3)oc2C)cc1. The molecule has 2 heterocycles. The second-order valence-electron chi connectivity index (χ2n) is 11.1. The maximum atomic E-state index is 13.5. The summed E-state index contributed by atoms with van der Waals surface area (Å²) in [5.41, 5.74) is 4.93. The Morgan fingerprint density at radius 2 is 1.61 bits per heavy atom. The molecule has 2 aromatic heterocycles. The fourth-order valence-electron chi connectivity index (χ4n) is 5.45. The van der Waals surface area contributed by atoms with E-state index in [1.54, 1.807) is 6.33 Å². The highest BCUT2D eigenvalue weighted by Gasteiger charge is 2.20. The number of nitrogens with one attached hydrogen (secondary N) is 1. The number of carbonyl (C=O) groups is 1. The number of benzene rings is 4. The molecule has 0 saturated heterocycles. The summed E-state index contributed by atoms with van der Waals surface area (Å²) >= 11 is 0. The highest BCUT2D eigenvalue weighted by atomic mass is 16.5. The maximum absolute atomic E-state index is 13.5. The number of nitrogens with zero attached hydrogens (tertiary/aromatic N) is 4. The number of rotatable bonds is 14. The van der Waals surface area contributed by atoms with Crippen LogP contribution in [-0.4, -0.2) is 32.1 Å². The summed E-state index contributed by atoms with van der Waals surface area (Å²) in [6, 6.07) is 34.8. The van der Waals surface area contributed by atoms with Crippen molar-refractivity contribution in [3.05, 3.63) is 149 Å². The minimum atomic E-state index is -0.167. The van der Waals surface area contributed by atoms with Crippen LogP contribution in [0.2, 0.25) is 0 Å². The van der Waals surface area contributed by atoms with Crippen LogP contribution in [0.15, 0.2) is 120 Å². The van der Waals surface area contributed by atoms with Gasteiger partial charge >= 0.3 is 0 Å². The van der Waals surface area contributed by atoms with Crippen molar-refractivity contribution in [2.45, 2.75) is 45.7 Å². The summed E-state index contributed by atoms with van der Waals surface area (Å²) in [6.45, 7) is 5.12. The molecule has 0 aliphatic rings. The Morgan fingerprint density at radius 3 is 2.37 bits per heavy atom. The van der Waals surface area contributed by atoms with Crippen LogP contribution in [0.1, 0.15) is 58.1 Å². The molecule has 0 radical (unpaired) electrons. The van der Waals surface area contributed by atoms with E-state index in [1.807, 2.05) is 104 Å². The third kappa shape index (κ3) is 7.24. The fourth-order valence-corrected chi connectivity index (χ4v) is 5.45. The van der Waals surface area contributed by atoms with Crippen LogP contribution in [0, 0.1) is 6.92 Å². The molecule has 0 spiro atoms. The van der Waals surface area contributed by atoms with Crippen LogP contribution < -0.4 is 10.1 Å². The summed E-state index contributed by atoms with van der Waals surface area (Å²) in [7, 11) is 0. The molecular formula is C38H37N5O3. The minimum Gasteiger partial charge on any atom is -0.493 e. The van der Waals surface area contributed by atoms with E-state index in [0.717, 1.165) is 52.7 Å². The van der Waals surface area contributed by atoms with Crippen molar-refractivity contribution >= 4 is 11.5 Å². The number of anilines is 1. The van der Waals surface area contributed by atoms with E-state index in [4.69, 9.17) is 14.1 Å². The van der Waals surface area contributed by atoms with Crippen LogP contribution >= 0.6 is 0 Å². The van der Waals surface area contributed by atoms with Crippen molar-refractivity contribution < 1.29 is 13.9 Å². The lowest BCUT2D eigenvalue weighted by Gasteiger charge is -2.23. The van der Waals surface area contributed by atoms with Crippen LogP contribution in [0.4, 0.5) is 5.69 Å². The largest absolute Gasteiger partial charge is 0.493 e. The van der Waals surface area contributed by atoms with Gasteiger partial charge in [-0.1, -0.05) is 79.7 Å². The first kappa shape index (κ1) is 30.5. The van der Waals surface area contributed by atoms with Gasteiger partial charge in [0.25, 0.3) is 0 Å². The zero-order valence-electron chi connectivity index (χ0n) is 26.1. The minimum absolute atomic E-state index is 0.0274. The Kier molecular flexibility index (Phi) is 9.63. The molecule has 0 saturated carbocycles. The normalized spacial score (nSPS) is 11.7. The van der Waals surface area contributed by atoms with Gasteiger partial charge in [0.2, 0.25) is 5.89 Å². The zero-order valence-corrected chi connectivity index (χ0v) is 26.1. The highest BCUT2D eigenvalue weighted by Crippen LogP contribution is 2.28. The van der Waals surface area contributed by atoms with Crippen LogP contribution in [0.3, 0.4) is 0 Å². The Labute approximate surface area is 269 Å². The van der Waals surface area contributed by atoms with E-state index >= 15 is 0 Å². The summed E-state index contributed by atoms with van der Waals surface area (Å²) < 4.78 is 14.1. The van der Waals surface area contributed by atoms with Crippen molar-refractivity contribution in [2.24, 2.45) is 0 Å². The molecule has 0 aliphatic carbocycles. The third-order valence-electron chi connectivity index (χ3n) is 7.89. The lowest BCUT2D eigenvalue weighted by atomic mass is 10.00. The van der Waals surface area contributed by atoms with E-state index in [-0.39, 0.29) is 11.8 Å². The predicted molar refractivity (Wildman–Crippen MR) is 179 cm³/mol. The van der Waals surface area contributed by atoms with Crippen LogP contribution in [-0.2, 0) is 19.4 Å². The molecular weight excluding hydrogens is 574 g/mol. The summed E-state index contributed by atoms with van der Waals surface area (Å²) in [4.78, 5) is 18.2. The lowest BCUT2D eigenvalue weighted by Crippen LogP contribution is -2.20. The number of hydrogen-bond acceptors (Lipinski definition) is 7. The first-order valence-electron chi connectivity index (χ1n) is 15.7. The van der Waals surface area contributed by atoms with Gasteiger partial charge in [-0.25, -0.2) is 4.98 Å². The number of ketones is 1. The van der Waals surface area contributed by atoms with Gasteiger partial charge in [-0.15, -0.1) is 10.2 Å². The summed E-state index contributed by atoms with van der Waals surface area (Å²) in [5, 5.41) is 12.2. The van der Waals surface area contributed by atoms with Gasteiger partial charge in [0.1, 0.15) is 23.7 Å². The highest BCUT2D eigenvalue weighted by molar-refractivity contribution is 6.12. The second-order valence-corrected chi connectivity index (χ2v) is 11.1. The monoisotopic (exact) mass is 611 g/mol. The molecule has 0 aliphatic heterocycles. The van der Waals surface area contributed by atoms with Crippen molar-refractivity contribution in [3.63, 3.8) is 0 Å². The van der Waals surface area contributed by atoms with Gasteiger partial charge in [-0.05, 0) is 55.3 Å². The number of para-hydroxylation sites is 1. The van der Waals surface area contributed by atoms with Gasteiger partial charge in [-0.3, -0.25) is 4.79 Å². The Hall–Kier alpha value is -5.50. The number of hydrogen-bond donors (Lipinski definition) is 1. The van der Waals surface area contributed by atoms with E-state index in [1.165, 1.54) is 0 Å². The number of aryl methyl sites for hydroxylation is 2. The van der Waals surface area contributed by atoms with Gasteiger partial charge in [-0.2, -0.15) is 0 Å². The van der Waals surface area contributed by atoms with Crippen molar-refractivity contribution in [3.8, 4) is 17.2 Å².